The maximum absolute atomic E-state index is 6.18. The van der Waals surface area contributed by atoms with Crippen molar-refractivity contribution in [2.45, 2.75) is 31.6 Å². The summed E-state index contributed by atoms with van der Waals surface area (Å²) < 4.78 is 0. The molecule has 104 valence electrons. The average Bonchev–Trinajstić information content (AvgIpc) is 2.92. The molecule has 0 aromatic heterocycles. The first-order valence-electron chi connectivity index (χ1n) is 7.18. The highest BCUT2D eigenvalue weighted by Crippen LogP contribution is 2.28. The van der Waals surface area contributed by atoms with Crippen molar-refractivity contribution < 1.29 is 0 Å². The van der Waals surface area contributed by atoms with Crippen molar-refractivity contribution in [1.82, 2.24) is 0 Å². The van der Waals surface area contributed by atoms with Gasteiger partial charge in [0.15, 0.2) is 0 Å². The molecule has 0 saturated heterocycles. The zero-order valence-corrected chi connectivity index (χ0v) is 12.9. The topological polar surface area (TPSA) is 0 Å². The Balaban J connectivity index is 1.81. The van der Waals surface area contributed by atoms with E-state index in [4.69, 9.17) is 23.2 Å². The van der Waals surface area contributed by atoms with Gasteiger partial charge in [-0.25, -0.2) is 0 Å². The lowest BCUT2D eigenvalue weighted by atomic mass is 9.92. The monoisotopic (exact) mass is 304 g/mol. The highest BCUT2D eigenvalue weighted by Gasteiger charge is 2.15. The standard InChI is InChI=1S/C18H18Cl2/c19-12-17(16-5-2-6-18(20)11-16)10-13-7-8-14-3-1-4-15(14)9-13/h2,5-9,11,17H,1,3-4,10,12H2. The summed E-state index contributed by atoms with van der Waals surface area (Å²) in [5, 5.41) is 0.784. The maximum atomic E-state index is 6.18. The smallest absolute Gasteiger partial charge is 0.0408 e. The molecule has 2 heteroatoms. The summed E-state index contributed by atoms with van der Waals surface area (Å²) in [7, 11) is 0. The van der Waals surface area contributed by atoms with Gasteiger partial charge in [0.2, 0.25) is 0 Å². The molecular formula is C18H18Cl2. The maximum Gasteiger partial charge on any atom is 0.0408 e. The number of alkyl halides is 1. The number of aryl methyl sites for hydroxylation is 2. The van der Waals surface area contributed by atoms with Crippen molar-refractivity contribution in [2.75, 3.05) is 5.88 Å². The highest BCUT2D eigenvalue weighted by atomic mass is 35.5. The molecule has 0 N–H and O–H groups in total. The number of rotatable bonds is 4. The second-order valence-corrected chi connectivity index (χ2v) is 6.31. The molecule has 0 saturated carbocycles. The lowest BCUT2D eigenvalue weighted by molar-refractivity contribution is 0.765. The van der Waals surface area contributed by atoms with Crippen LogP contribution < -0.4 is 0 Å². The fourth-order valence-electron chi connectivity index (χ4n) is 3.06. The first-order valence-corrected chi connectivity index (χ1v) is 8.09. The third kappa shape index (κ3) is 3.02. The normalized spacial score (nSPS) is 15.1. The van der Waals surface area contributed by atoms with Gasteiger partial charge < -0.3 is 0 Å². The van der Waals surface area contributed by atoms with E-state index in [1.807, 2.05) is 18.2 Å². The third-order valence-corrected chi connectivity index (χ3v) is 4.76. The van der Waals surface area contributed by atoms with Crippen LogP contribution >= 0.6 is 23.2 Å². The van der Waals surface area contributed by atoms with E-state index in [1.54, 1.807) is 0 Å². The molecule has 0 amide bonds. The molecule has 3 rings (SSSR count). The van der Waals surface area contributed by atoms with Crippen LogP contribution in [0.3, 0.4) is 0 Å². The lowest BCUT2D eigenvalue weighted by Gasteiger charge is -2.15. The Hall–Kier alpha value is -0.980. The van der Waals surface area contributed by atoms with Crippen molar-refractivity contribution >= 4 is 23.2 Å². The second-order valence-electron chi connectivity index (χ2n) is 5.57. The first-order chi connectivity index (χ1) is 9.76. The molecule has 0 fully saturated rings. The van der Waals surface area contributed by atoms with Gasteiger partial charge in [-0.2, -0.15) is 0 Å². The Morgan fingerprint density at radius 3 is 2.65 bits per heavy atom. The number of benzene rings is 2. The fourth-order valence-corrected chi connectivity index (χ4v) is 3.54. The largest absolute Gasteiger partial charge is 0.126 e. The minimum absolute atomic E-state index is 0.329. The average molecular weight is 305 g/mol. The summed E-state index contributed by atoms with van der Waals surface area (Å²) in [5.74, 6) is 0.951. The predicted octanol–water partition coefficient (Wildman–Crippen LogP) is 5.39. The molecule has 0 spiro atoms. The van der Waals surface area contributed by atoms with Gasteiger partial charge >= 0.3 is 0 Å². The molecule has 2 aromatic carbocycles. The number of hydrogen-bond donors (Lipinski definition) is 0. The Labute approximate surface area is 130 Å². The molecule has 0 heterocycles. The van der Waals surface area contributed by atoms with Crippen LogP contribution in [-0.4, -0.2) is 5.88 Å². The van der Waals surface area contributed by atoms with Crippen LogP contribution in [0.4, 0.5) is 0 Å². The summed E-state index contributed by atoms with van der Waals surface area (Å²) in [6.07, 6.45) is 4.75. The molecule has 0 nitrogen and oxygen atoms in total. The SMILES string of the molecule is ClCC(Cc1ccc2c(c1)CCC2)c1cccc(Cl)c1. The molecule has 1 atom stereocenters. The minimum Gasteiger partial charge on any atom is -0.126 e. The van der Waals surface area contributed by atoms with Crippen LogP contribution in [0.25, 0.3) is 0 Å². The summed E-state index contributed by atoms with van der Waals surface area (Å²) in [4.78, 5) is 0. The van der Waals surface area contributed by atoms with Crippen molar-refractivity contribution in [3.63, 3.8) is 0 Å². The van der Waals surface area contributed by atoms with E-state index in [2.05, 4.69) is 24.3 Å². The van der Waals surface area contributed by atoms with E-state index < -0.39 is 0 Å². The predicted molar refractivity (Wildman–Crippen MR) is 87.1 cm³/mol. The summed E-state index contributed by atoms with van der Waals surface area (Å²) in [5.41, 5.74) is 5.67. The molecular weight excluding hydrogens is 287 g/mol. The molecule has 2 aromatic rings. The van der Waals surface area contributed by atoms with Crippen LogP contribution in [0.5, 0.6) is 0 Å². The van der Waals surface area contributed by atoms with Crippen LogP contribution in [0.2, 0.25) is 5.02 Å². The van der Waals surface area contributed by atoms with Crippen molar-refractivity contribution in [1.29, 1.82) is 0 Å². The van der Waals surface area contributed by atoms with Gasteiger partial charge in [-0.05, 0) is 60.1 Å². The fraction of sp³-hybridized carbons (Fsp3) is 0.333. The van der Waals surface area contributed by atoms with E-state index in [9.17, 15) is 0 Å². The minimum atomic E-state index is 0.329. The molecule has 0 radical (unpaired) electrons. The van der Waals surface area contributed by atoms with Crippen molar-refractivity contribution in [3.8, 4) is 0 Å². The van der Waals surface area contributed by atoms with Crippen molar-refractivity contribution in [2.24, 2.45) is 0 Å². The van der Waals surface area contributed by atoms with Gasteiger partial charge in [0, 0.05) is 16.8 Å². The van der Waals surface area contributed by atoms with E-state index in [1.165, 1.54) is 41.5 Å². The number of fused-ring (bicyclic) bond motifs is 1. The zero-order chi connectivity index (χ0) is 13.9. The van der Waals surface area contributed by atoms with Crippen LogP contribution in [0.15, 0.2) is 42.5 Å². The molecule has 0 aliphatic heterocycles. The Morgan fingerprint density at radius 1 is 1.00 bits per heavy atom. The van der Waals surface area contributed by atoms with Gasteiger partial charge in [0.1, 0.15) is 0 Å². The Bertz CT molecular complexity index is 604. The van der Waals surface area contributed by atoms with Gasteiger partial charge in [0.25, 0.3) is 0 Å². The third-order valence-electron chi connectivity index (χ3n) is 4.15. The summed E-state index contributed by atoms with van der Waals surface area (Å²) in [6, 6.07) is 15.0. The Kier molecular flexibility index (Phi) is 4.33. The summed E-state index contributed by atoms with van der Waals surface area (Å²) >= 11 is 12.3. The van der Waals surface area contributed by atoms with E-state index in [0.717, 1.165) is 11.4 Å². The molecule has 1 aliphatic rings. The summed E-state index contributed by atoms with van der Waals surface area (Å²) in [6.45, 7) is 0. The molecule has 0 bridgehead atoms. The van der Waals surface area contributed by atoms with E-state index >= 15 is 0 Å². The van der Waals surface area contributed by atoms with Crippen LogP contribution in [0, 0.1) is 0 Å². The van der Waals surface area contributed by atoms with Crippen LogP contribution in [0.1, 0.15) is 34.6 Å². The quantitative estimate of drug-likeness (QED) is 0.664. The molecule has 1 aliphatic carbocycles. The van der Waals surface area contributed by atoms with Crippen molar-refractivity contribution in [3.05, 3.63) is 69.7 Å². The molecule has 20 heavy (non-hydrogen) atoms. The highest BCUT2D eigenvalue weighted by molar-refractivity contribution is 6.30. The molecule has 1 unspecified atom stereocenters. The Morgan fingerprint density at radius 2 is 1.85 bits per heavy atom. The van der Waals surface area contributed by atoms with Gasteiger partial charge in [0.05, 0.1) is 0 Å². The zero-order valence-electron chi connectivity index (χ0n) is 11.4. The number of hydrogen-bond acceptors (Lipinski definition) is 0. The van der Waals surface area contributed by atoms with E-state index in [0.29, 0.717) is 11.8 Å². The van der Waals surface area contributed by atoms with Gasteiger partial charge in [-0.1, -0.05) is 41.9 Å². The first kappa shape index (κ1) is 14.0. The van der Waals surface area contributed by atoms with Crippen LogP contribution in [-0.2, 0) is 19.3 Å². The second kappa shape index (κ2) is 6.20. The number of halogens is 2. The van der Waals surface area contributed by atoms with E-state index in [-0.39, 0.29) is 0 Å². The van der Waals surface area contributed by atoms with Gasteiger partial charge in [-0.15, -0.1) is 11.6 Å². The van der Waals surface area contributed by atoms with Gasteiger partial charge in [-0.3, -0.25) is 0 Å². The lowest BCUT2D eigenvalue weighted by Crippen LogP contribution is -2.05.